The number of imide groups is 1. The van der Waals surface area contributed by atoms with Gasteiger partial charge in [0, 0.05) is 20.7 Å². The van der Waals surface area contributed by atoms with Crippen LogP contribution in [0, 0.1) is 0 Å². The molecular weight excluding hydrogens is 401 g/mol. The van der Waals surface area contributed by atoms with Gasteiger partial charge >= 0.3 is 0 Å². The highest BCUT2D eigenvalue weighted by Gasteiger charge is 2.36. The lowest BCUT2D eigenvalue weighted by atomic mass is 10.1. The van der Waals surface area contributed by atoms with Gasteiger partial charge in [-0.05, 0) is 54.1 Å². The Morgan fingerprint density at radius 2 is 1.44 bits per heavy atom. The zero-order valence-electron chi connectivity index (χ0n) is 14.0. The van der Waals surface area contributed by atoms with Gasteiger partial charge in [-0.3, -0.25) is 9.59 Å². The van der Waals surface area contributed by atoms with Crippen LogP contribution in [0.5, 0.6) is 0 Å². The summed E-state index contributed by atoms with van der Waals surface area (Å²) in [4.78, 5) is 27.3. The van der Waals surface area contributed by atoms with Gasteiger partial charge in [-0.1, -0.05) is 41.4 Å². The Morgan fingerprint density at radius 1 is 0.815 bits per heavy atom. The van der Waals surface area contributed by atoms with Gasteiger partial charge in [0.2, 0.25) is 0 Å². The molecule has 1 heterocycles. The van der Waals surface area contributed by atoms with Gasteiger partial charge in [-0.2, -0.15) is 0 Å². The van der Waals surface area contributed by atoms with Crippen LogP contribution >= 0.6 is 35.0 Å². The fourth-order valence-electron chi connectivity index (χ4n) is 2.92. The first-order chi connectivity index (χ1) is 13.0. The van der Waals surface area contributed by atoms with Crippen molar-refractivity contribution in [2.45, 2.75) is 10.6 Å². The number of carbonyl (C=O) groups excluding carboxylic acids is 2. The Labute approximate surface area is 170 Å². The Hall–Kier alpha value is -2.27. The largest absolute Gasteiger partial charge is 0.268 e. The number of hydrogen-bond donors (Lipinski definition) is 0. The Kier molecular flexibility index (Phi) is 4.96. The fraction of sp³-hybridized carbons (Fsp3) is 0.0476. The molecule has 0 radical (unpaired) electrons. The van der Waals surface area contributed by atoms with Crippen LogP contribution in [-0.4, -0.2) is 11.8 Å². The monoisotopic (exact) mass is 413 g/mol. The average Bonchev–Trinajstić information content (AvgIpc) is 2.93. The molecule has 3 aromatic rings. The van der Waals surface area contributed by atoms with Gasteiger partial charge in [0.05, 0.1) is 16.8 Å². The van der Waals surface area contributed by atoms with Crippen molar-refractivity contribution in [1.82, 2.24) is 0 Å². The smallest absolute Gasteiger partial charge is 0.266 e. The van der Waals surface area contributed by atoms with E-state index in [4.69, 9.17) is 23.2 Å². The minimum absolute atomic E-state index is 0.288. The molecule has 0 unspecified atom stereocenters. The highest BCUT2D eigenvalue weighted by Crippen LogP contribution is 2.32. The van der Waals surface area contributed by atoms with Gasteiger partial charge in [0.25, 0.3) is 11.8 Å². The number of rotatable bonds is 4. The van der Waals surface area contributed by atoms with Crippen molar-refractivity contribution in [3.8, 4) is 0 Å². The number of amides is 2. The third kappa shape index (κ3) is 3.48. The van der Waals surface area contributed by atoms with Gasteiger partial charge in [-0.25, -0.2) is 4.90 Å². The fourth-order valence-corrected chi connectivity index (χ4v) is 4.37. The molecule has 1 aliphatic rings. The molecule has 2 amide bonds. The average molecular weight is 414 g/mol. The van der Waals surface area contributed by atoms with Crippen LogP contribution in [0.3, 0.4) is 0 Å². The highest BCUT2D eigenvalue weighted by atomic mass is 35.5. The number of benzene rings is 3. The molecule has 0 bridgehead atoms. The molecular formula is C21H13Cl2NO2S. The molecule has 6 heteroatoms. The summed E-state index contributed by atoms with van der Waals surface area (Å²) >= 11 is 13.7. The van der Waals surface area contributed by atoms with E-state index in [1.807, 2.05) is 24.3 Å². The molecule has 1 aliphatic heterocycles. The van der Waals surface area contributed by atoms with E-state index >= 15 is 0 Å². The molecule has 0 fully saturated rings. The predicted octanol–water partition coefficient (Wildman–Crippen LogP) is 6.09. The quantitative estimate of drug-likeness (QED) is 0.383. The Morgan fingerprint density at radius 3 is 2.04 bits per heavy atom. The SMILES string of the molecule is O=C1c2ccccc2C(=O)N1c1ccc(SCc2ccc(Cl)cc2Cl)cc1. The molecule has 27 heavy (non-hydrogen) atoms. The second-order valence-corrected chi connectivity index (χ2v) is 7.90. The number of thioether (sulfide) groups is 1. The van der Waals surface area contributed by atoms with E-state index in [1.165, 1.54) is 4.90 Å². The number of anilines is 1. The van der Waals surface area contributed by atoms with Crippen molar-refractivity contribution < 1.29 is 9.59 Å². The summed E-state index contributed by atoms with van der Waals surface area (Å²) in [5.74, 6) is 0.121. The van der Waals surface area contributed by atoms with Crippen molar-refractivity contribution in [3.63, 3.8) is 0 Å². The number of nitrogens with zero attached hydrogens (tertiary/aromatic N) is 1. The Bertz CT molecular complexity index is 1020. The summed E-state index contributed by atoms with van der Waals surface area (Å²) < 4.78 is 0. The molecule has 3 aromatic carbocycles. The number of halogens is 2. The third-order valence-corrected chi connectivity index (χ3v) is 5.95. The standard InChI is InChI=1S/C21H13Cl2NO2S/c22-14-6-5-13(19(23)11-14)12-27-16-9-7-15(8-10-16)24-20(25)17-3-1-2-4-18(17)21(24)26/h1-11H,12H2. The molecule has 0 aliphatic carbocycles. The van der Waals surface area contributed by atoms with Crippen LogP contribution in [0.15, 0.2) is 71.6 Å². The topological polar surface area (TPSA) is 37.4 Å². The Balaban J connectivity index is 1.50. The summed E-state index contributed by atoms with van der Waals surface area (Å²) in [6, 6.07) is 19.7. The van der Waals surface area contributed by atoms with Crippen LogP contribution in [0.25, 0.3) is 0 Å². The van der Waals surface area contributed by atoms with Gasteiger partial charge in [0.1, 0.15) is 0 Å². The molecule has 0 atom stereocenters. The van der Waals surface area contributed by atoms with Crippen LogP contribution < -0.4 is 4.90 Å². The van der Waals surface area contributed by atoms with Gasteiger partial charge < -0.3 is 0 Å². The van der Waals surface area contributed by atoms with Crippen LogP contribution in [0.4, 0.5) is 5.69 Å². The van der Waals surface area contributed by atoms with E-state index < -0.39 is 0 Å². The summed E-state index contributed by atoms with van der Waals surface area (Å²) in [5.41, 5.74) is 2.45. The van der Waals surface area contributed by atoms with Gasteiger partial charge in [-0.15, -0.1) is 11.8 Å². The maximum absolute atomic E-state index is 12.5. The van der Waals surface area contributed by atoms with Crippen molar-refractivity contribution in [3.05, 3.63) is 93.5 Å². The molecule has 0 spiro atoms. The first kappa shape index (κ1) is 18.1. The zero-order valence-corrected chi connectivity index (χ0v) is 16.3. The van der Waals surface area contributed by atoms with Crippen molar-refractivity contribution in [2.24, 2.45) is 0 Å². The molecule has 4 rings (SSSR count). The number of fused-ring (bicyclic) bond motifs is 1. The molecule has 0 N–H and O–H groups in total. The molecule has 0 saturated carbocycles. The molecule has 134 valence electrons. The van der Waals surface area contributed by atoms with Crippen LogP contribution in [0.1, 0.15) is 26.3 Å². The minimum atomic E-state index is -0.288. The minimum Gasteiger partial charge on any atom is -0.268 e. The van der Waals surface area contributed by atoms with Crippen LogP contribution in [0.2, 0.25) is 10.0 Å². The first-order valence-electron chi connectivity index (χ1n) is 8.19. The highest BCUT2D eigenvalue weighted by molar-refractivity contribution is 7.98. The lowest BCUT2D eigenvalue weighted by Gasteiger charge is -2.14. The summed E-state index contributed by atoms with van der Waals surface area (Å²) in [6.07, 6.45) is 0. The maximum Gasteiger partial charge on any atom is 0.266 e. The number of hydrogen-bond acceptors (Lipinski definition) is 3. The van der Waals surface area contributed by atoms with E-state index in [9.17, 15) is 9.59 Å². The van der Waals surface area contributed by atoms with Crippen molar-refractivity contribution in [2.75, 3.05) is 4.90 Å². The zero-order chi connectivity index (χ0) is 19.0. The van der Waals surface area contributed by atoms with E-state index in [-0.39, 0.29) is 11.8 Å². The number of carbonyl (C=O) groups is 2. The molecule has 0 aromatic heterocycles. The maximum atomic E-state index is 12.5. The van der Waals surface area contributed by atoms with Crippen molar-refractivity contribution in [1.29, 1.82) is 0 Å². The van der Waals surface area contributed by atoms with E-state index in [0.717, 1.165) is 10.5 Å². The summed E-state index contributed by atoms with van der Waals surface area (Å²) in [5, 5.41) is 1.25. The lowest BCUT2D eigenvalue weighted by molar-refractivity contribution is 0.0926. The van der Waals surface area contributed by atoms with E-state index in [1.54, 1.807) is 54.2 Å². The predicted molar refractivity (Wildman–Crippen MR) is 110 cm³/mol. The second kappa shape index (κ2) is 7.39. The molecule has 0 saturated heterocycles. The van der Waals surface area contributed by atoms with Gasteiger partial charge in [0.15, 0.2) is 0 Å². The third-order valence-electron chi connectivity index (χ3n) is 4.30. The summed E-state index contributed by atoms with van der Waals surface area (Å²) in [7, 11) is 0. The molecule has 3 nitrogen and oxygen atoms in total. The first-order valence-corrected chi connectivity index (χ1v) is 9.93. The van der Waals surface area contributed by atoms with E-state index in [2.05, 4.69) is 0 Å². The van der Waals surface area contributed by atoms with Crippen LogP contribution in [-0.2, 0) is 5.75 Å². The summed E-state index contributed by atoms with van der Waals surface area (Å²) in [6.45, 7) is 0. The van der Waals surface area contributed by atoms with E-state index in [0.29, 0.717) is 32.6 Å². The van der Waals surface area contributed by atoms with Crippen molar-refractivity contribution >= 4 is 52.5 Å². The second-order valence-electron chi connectivity index (χ2n) is 6.01. The lowest BCUT2D eigenvalue weighted by Crippen LogP contribution is -2.29. The normalized spacial score (nSPS) is 13.2.